The second-order valence-corrected chi connectivity index (χ2v) is 6.12. The van der Waals surface area contributed by atoms with Crippen LogP contribution < -0.4 is 21.7 Å². The first kappa shape index (κ1) is 23.6. The van der Waals surface area contributed by atoms with E-state index in [4.69, 9.17) is 15.9 Å². The van der Waals surface area contributed by atoms with E-state index in [1.165, 1.54) is 0 Å². The van der Waals surface area contributed by atoms with E-state index in [2.05, 4.69) is 16.0 Å². The van der Waals surface area contributed by atoms with E-state index in [0.717, 1.165) is 5.56 Å². The highest BCUT2D eigenvalue weighted by Gasteiger charge is 2.27. The maximum absolute atomic E-state index is 12.7. The van der Waals surface area contributed by atoms with Gasteiger partial charge in [-0.1, -0.05) is 30.3 Å². The van der Waals surface area contributed by atoms with Gasteiger partial charge in [-0.2, -0.15) is 0 Å². The molecule has 11 nitrogen and oxygen atoms in total. The lowest BCUT2D eigenvalue weighted by Gasteiger charge is -2.23. The highest BCUT2D eigenvalue weighted by Crippen LogP contribution is 2.05. The highest BCUT2D eigenvalue weighted by atomic mass is 16.4. The van der Waals surface area contributed by atoms with E-state index in [0.29, 0.717) is 0 Å². The van der Waals surface area contributed by atoms with Gasteiger partial charge in [0.05, 0.1) is 6.54 Å². The number of benzene rings is 1. The molecule has 2 unspecified atom stereocenters. The molecular weight excluding hydrogens is 384 g/mol. The molecule has 0 aromatic heterocycles. The van der Waals surface area contributed by atoms with Crippen molar-refractivity contribution in [1.82, 2.24) is 16.0 Å². The van der Waals surface area contributed by atoms with Crippen LogP contribution >= 0.6 is 0 Å². The molecule has 7 N–H and O–H groups in total. The van der Waals surface area contributed by atoms with Crippen LogP contribution in [0, 0.1) is 0 Å². The summed E-state index contributed by atoms with van der Waals surface area (Å²) in [7, 11) is 0. The summed E-state index contributed by atoms with van der Waals surface area (Å²) in [5, 5.41) is 24.4. The molecule has 0 aliphatic carbocycles. The fraction of sp³-hybridized carbons (Fsp3) is 0.389. The van der Waals surface area contributed by atoms with Gasteiger partial charge in [0.25, 0.3) is 0 Å². The quantitative estimate of drug-likeness (QED) is 0.234. The molecule has 0 saturated heterocycles. The number of nitrogens with one attached hydrogen (secondary N) is 3. The number of amides is 3. The first-order valence-electron chi connectivity index (χ1n) is 8.78. The van der Waals surface area contributed by atoms with Crippen molar-refractivity contribution in [1.29, 1.82) is 0 Å². The standard InChI is InChI=1S/C18H24N4O7/c19-9-14(23)21-13(8-11-4-2-1-3-5-11)18(29)22-12(6-7-15(24)25)17(28)20-10-16(26)27/h1-5,12-13H,6-10,19H2,(H,20,28)(H,21,23)(H,22,29)(H,24,25)(H,26,27). The van der Waals surface area contributed by atoms with Crippen LogP contribution in [0.5, 0.6) is 0 Å². The van der Waals surface area contributed by atoms with Gasteiger partial charge < -0.3 is 31.9 Å². The van der Waals surface area contributed by atoms with Gasteiger partial charge in [-0.25, -0.2) is 0 Å². The predicted octanol–water partition coefficient (Wildman–Crippen LogP) is -1.78. The SMILES string of the molecule is NCC(=O)NC(Cc1ccccc1)C(=O)NC(CCC(=O)O)C(=O)NCC(=O)O. The minimum atomic E-state index is -1.29. The van der Waals surface area contributed by atoms with Crippen molar-refractivity contribution in [2.75, 3.05) is 13.1 Å². The zero-order valence-electron chi connectivity index (χ0n) is 15.6. The molecule has 29 heavy (non-hydrogen) atoms. The Hall–Kier alpha value is -3.47. The number of carboxylic acids is 2. The largest absolute Gasteiger partial charge is 0.481 e. The predicted molar refractivity (Wildman–Crippen MR) is 101 cm³/mol. The number of aliphatic carboxylic acids is 2. The maximum atomic E-state index is 12.7. The number of rotatable bonds is 12. The number of carboxylic acid groups (broad SMARTS) is 2. The molecule has 1 aromatic rings. The Bertz CT molecular complexity index is 739. The molecule has 0 heterocycles. The molecule has 0 aliphatic heterocycles. The summed E-state index contributed by atoms with van der Waals surface area (Å²) in [5.41, 5.74) is 6.02. The molecule has 1 aromatic carbocycles. The Morgan fingerprint density at radius 1 is 0.897 bits per heavy atom. The fourth-order valence-electron chi connectivity index (χ4n) is 2.41. The zero-order valence-corrected chi connectivity index (χ0v) is 15.6. The van der Waals surface area contributed by atoms with Crippen LogP contribution in [0.15, 0.2) is 30.3 Å². The molecule has 0 spiro atoms. The van der Waals surface area contributed by atoms with Gasteiger partial charge in [-0.05, 0) is 12.0 Å². The van der Waals surface area contributed by atoms with Gasteiger partial charge in [0.15, 0.2) is 0 Å². The lowest BCUT2D eigenvalue weighted by Crippen LogP contribution is -2.55. The number of nitrogens with two attached hydrogens (primary N) is 1. The maximum Gasteiger partial charge on any atom is 0.322 e. The molecule has 158 valence electrons. The Morgan fingerprint density at radius 2 is 1.55 bits per heavy atom. The molecule has 2 atom stereocenters. The summed E-state index contributed by atoms with van der Waals surface area (Å²) < 4.78 is 0. The van der Waals surface area contributed by atoms with Gasteiger partial charge in [0, 0.05) is 12.8 Å². The van der Waals surface area contributed by atoms with Crippen molar-refractivity contribution in [3.05, 3.63) is 35.9 Å². The minimum absolute atomic E-state index is 0.112. The van der Waals surface area contributed by atoms with Crippen LogP contribution in [-0.2, 0) is 30.4 Å². The zero-order chi connectivity index (χ0) is 21.8. The van der Waals surface area contributed by atoms with Crippen LogP contribution in [0.25, 0.3) is 0 Å². The third-order valence-corrected chi connectivity index (χ3v) is 3.81. The highest BCUT2D eigenvalue weighted by molar-refractivity contribution is 5.93. The van der Waals surface area contributed by atoms with Crippen LogP contribution in [0.3, 0.4) is 0 Å². The Kier molecular flexibility index (Phi) is 9.82. The van der Waals surface area contributed by atoms with Gasteiger partial charge in [0.1, 0.15) is 18.6 Å². The average Bonchev–Trinajstić information content (AvgIpc) is 2.68. The van der Waals surface area contributed by atoms with Crippen molar-refractivity contribution in [3.8, 4) is 0 Å². The summed E-state index contributed by atoms with van der Waals surface area (Å²) in [6, 6.07) is 6.44. The molecule has 11 heteroatoms. The summed E-state index contributed by atoms with van der Waals surface area (Å²) >= 11 is 0. The lowest BCUT2D eigenvalue weighted by atomic mass is 10.0. The topological polar surface area (TPSA) is 188 Å². The number of carbonyl (C=O) groups excluding carboxylic acids is 3. The Morgan fingerprint density at radius 3 is 2.10 bits per heavy atom. The first-order valence-corrected chi connectivity index (χ1v) is 8.78. The lowest BCUT2D eigenvalue weighted by molar-refractivity contribution is -0.140. The van der Waals surface area contributed by atoms with Crippen molar-refractivity contribution in [3.63, 3.8) is 0 Å². The van der Waals surface area contributed by atoms with Crippen LogP contribution in [0.4, 0.5) is 0 Å². The normalized spacial score (nSPS) is 12.3. The first-order chi connectivity index (χ1) is 13.7. The molecule has 1 rings (SSSR count). The summed E-state index contributed by atoms with van der Waals surface area (Å²) in [5.74, 6) is -4.63. The summed E-state index contributed by atoms with van der Waals surface area (Å²) in [6.45, 7) is -1.03. The van der Waals surface area contributed by atoms with Crippen molar-refractivity contribution in [2.45, 2.75) is 31.3 Å². The molecular formula is C18H24N4O7. The smallest absolute Gasteiger partial charge is 0.322 e. The van der Waals surface area contributed by atoms with Gasteiger partial charge in [-0.15, -0.1) is 0 Å². The second kappa shape index (κ2) is 12.1. The van der Waals surface area contributed by atoms with E-state index in [1.807, 2.05) is 0 Å². The molecule has 0 fully saturated rings. The summed E-state index contributed by atoms with van der Waals surface area (Å²) in [4.78, 5) is 58.0. The van der Waals surface area contributed by atoms with E-state index in [1.54, 1.807) is 30.3 Å². The number of hydrogen-bond donors (Lipinski definition) is 6. The average molecular weight is 408 g/mol. The van der Waals surface area contributed by atoms with Crippen LogP contribution in [-0.4, -0.2) is 65.0 Å². The molecule has 0 radical (unpaired) electrons. The Labute approximate surface area is 166 Å². The van der Waals surface area contributed by atoms with Crippen LogP contribution in [0.2, 0.25) is 0 Å². The van der Waals surface area contributed by atoms with Crippen molar-refractivity contribution < 1.29 is 34.2 Å². The van der Waals surface area contributed by atoms with Gasteiger partial charge in [0.2, 0.25) is 17.7 Å². The van der Waals surface area contributed by atoms with E-state index in [9.17, 15) is 24.0 Å². The fourth-order valence-corrected chi connectivity index (χ4v) is 2.41. The third kappa shape index (κ3) is 9.33. The van der Waals surface area contributed by atoms with Gasteiger partial charge >= 0.3 is 11.9 Å². The van der Waals surface area contributed by atoms with E-state index < -0.39 is 54.7 Å². The molecule has 3 amide bonds. The van der Waals surface area contributed by atoms with Crippen LogP contribution in [0.1, 0.15) is 18.4 Å². The Balaban J connectivity index is 2.92. The molecule has 0 aliphatic rings. The van der Waals surface area contributed by atoms with Gasteiger partial charge in [-0.3, -0.25) is 24.0 Å². The second-order valence-electron chi connectivity index (χ2n) is 6.12. The van der Waals surface area contributed by atoms with Crippen molar-refractivity contribution >= 4 is 29.7 Å². The summed E-state index contributed by atoms with van der Waals surface area (Å²) in [6.07, 6.45) is -0.569. The number of carbonyl (C=O) groups is 5. The number of hydrogen-bond acceptors (Lipinski definition) is 6. The third-order valence-electron chi connectivity index (χ3n) is 3.81. The minimum Gasteiger partial charge on any atom is -0.481 e. The van der Waals surface area contributed by atoms with E-state index >= 15 is 0 Å². The monoisotopic (exact) mass is 408 g/mol. The molecule has 0 saturated carbocycles. The van der Waals surface area contributed by atoms with E-state index in [-0.39, 0.29) is 19.4 Å². The molecule has 0 bridgehead atoms. The van der Waals surface area contributed by atoms with Crippen molar-refractivity contribution in [2.24, 2.45) is 5.73 Å².